The quantitative estimate of drug-likeness (QED) is 0.730. The molecule has 0 saturated heterocycles. The van der Waals surface area contributed by atoms with E-state index < -0.39 is 0 Å². The van der Waals surface area contributed by atoms with E-state index in [4.69, 9.17) is 6.42 Å². The largest absolute Gasteiger partial charge is 0.349 e. The third-order valence-corrected chi connectivity index (χ3v) is 2.09. The summed E-state index contributed by atoms with van der Waals surface area (Å²) >= 11 is 0. The molecule has 76 valence electrons. The first kappa shape index (κ1) is 11.1. The van der Waals surface area contributed by atoms with Gasteiger partial charge in [-0.3, -0.25) is 0 Å². The van der Waals surface area contributed by atoms with Gasteiger partial charge in [-0.05, 0) is 31.6 Å². The predicted octanol–water partition coefficient (Wildman–Crippen LogP) is 3.59. The van der Waals surface area contributed by atoms with Crippen LogP contribution in [-0.2, 0) is 0 Å². The highest BCUT2D eigenvalue weighted by Crippen LogP contribution is 2.24. The van der Waals surface area contributed by atoms with Crippen molar-refractivity contribution >= 4 is 11.3 Å². The topological polar surface area (TPSA) is 12.0 Å². The molecule has 0 aliphatic carbocycles. The van der Waals surface area contributed by atoms with Crippen molar-refractivity contribution in [3.63, 3.8) is 0 Å². The summed E-state index contributed by atoms with van der Waals surface area (Å²) in [5.41, 5.74) is 4.79. The number of terminal acetylenes is 1. The molecule has 1 heteroatoms. The predicted molar refractivity (Wildman–Crippen MR) is 67.5 cm³/mol. The Labute approximate surface area is 91.5 Å². The minimum absolute atomic E-state index is 0.557. The van der Waals surface area contributed by atoms with Crippen molar-refractivity contribution < 1.29 is 0 Å². The third-order valence-electron chi connectivity index (χ3n) is 2.09. The summed E-state index contributed by atoms with van der Waals surface area (Å²) in [5, 5.41) is 3.08. The minimum atomic E-state index is 0.557. The van der Waals surface area contributed by atoms with E-state index in [0.717, 1.165) is 16.8 Å². The Hall–Kier alpha value is -1.94. The van der Waals surface area contributed by atoms with Crippen LogP contribution in [0.15, 0.2) is 37.1 Å². The van der Waals surface area contributed by atoms with Crippen molar-refractivity contribution in [1.82, 2.24) is 0 Å². The number of rotatable bonds is 3. The molecule has 1 aromatic carbocycles. The first-order valence-electron chi connectivity index (χ1n) is 4.73. The molecule has 0 aliphatic rings. The van der Waals surface area contributed by atoms with Crippen molar-refractivity contribution in [2.75, 3.05) is 5.32 Å². The van der Waals surface area contributed by atoms with Gasteiger partial charge in [0.25, 0.3) is 0 Å². The number of benzene rings is 1. The normalized spacial score (nSPS) is 9.13. The summed E-state index contributed by atoms with van der Waals surface area (Å²) in [6, 6.07) is 6.09. The molecular formula is C14H15N. The number of hydrogen-bond acceptors (Lipinski definition) is 1. The second-order valence-electron chi connectivity index (χ2n) is 3.58. The lowest BCUT2D eigenvalue weighted by molar-refractivity contribution is 1.41. The molecule has 0 radical (unpaired) electrons. The Morgan fingerprint density at radius 3 is 2.60 bits per heavy atom. The molecule has 1 N–H and O–H groups in total. The smallest absolute Gasteiger partial charge is 0.0821 e. The van der Waals surface area contributed by atoms with Gasteiger partial charge in [-0.15, -0.1) is 6.42 Å². The van der Waals surface area contributed by atoms with Crippen LogP contribution in [0.3, 0.4) is 0 Å². The molecule has 0 bridgehead atoms. The molecule has 1 rings (SSSR count). The molecule has 1 aromatic rings. The number of anilines is 1. The van der Waals surface area contributed by atoms with E-state index in [1.807, 2.05) is 26.0 Å². The zero-order chi connectivity index (χ0) is 11.4. The summed E-state index contributed by atoms with van der Waals surface area (Å²) in [6.45, 7) is 11.7. The van der Waals surface area contributed by atoms with Gasteiger partial charge in [0.15, 0.2) is 0 Å². The summed E-state index contributed by atoms with van der Waals surface area (Å²) < 4.78 is 0. The van der Waals surface area contributed by atoms with Gasteiger partial charge >= 0.3 is 0 Å². The average Bonchev–Trinajstić information content (AvgIpc) is 2.20. The summed E-state index contributed by atoms with van der Waals surface area (Å²) in [4.78, 5) is 0. The molecule has 0 fully saturated rings. The van der Waals surface area contributed by atoms with E-state index in [0.29, 0.717) is 5.70 Å². The van der Waals surface area contributed by atoms with Crippen LogP contribution < -0.4 is 5.32 Å². The maximum absolute atomic E-state index is 5.24. The molecule has 0 aromatic heterocycles. The lowest BCUT2D eigenvalue weighted by atomic mass is 10.0. The maximum Gasteiger partial charge on any atom is 0.0821 e. The summed E-state index contributed by atoms with van der Waals surface area (Å²) in [5.74, 6) is 2.46. The zero-order valence-corrected chi connectivity index (χ0v) is 9.22. The maximum atomic E-state index is 5.24. The monoisotopic (exact) mass is 197 g/mol. The minimum Gasteiger partial charge on any atom is -0.349 e. The number of aryl methyl sites for hydroxylation is 1. The molecule has 0 amide bonds. The van der Waals surface area contributed by atoms with Crippen LogP contribution in [0.1, 0.15) is 18.1 Å². The first-order valence-corrected chi connectivity index (χ1v) is 4.73. The fraction of sp³-hybridized carbons (Fsp3) is 0.143. The second kappa shape index (κ2) is 4.52. The fourth-order valence-electron chi connectivity index (χ4n) is 1.32. The van der Waals surface area contributed by atoms with Crippen molar-refractivity contribution in [1.29, 1.82) is 0 Å². The Kier molecular flexibility index (Phi) is 3.36. The van der Waals surface area contributed by atoms with E-state index in [-0.39, 0.29) is 0 Å². The molecule has 15 heavy (non-hydrogen) atoms. The Balaban J connectivity index is 3.13. The van der Waals surface area contributed by atoms with E-state index in [2.05, 4.69) is 30.5 Å². The molecule has 0 spiro atoms. The number of nitrogens with one attached hydrogen (secondary N) is 1. The van der Waals surface area contributed by atoms with Crippen LogP contribution in [0.4, 0.5) is 5.69 Å². The van der Waals surface area contributed by atoms with Gasteiger partial charge in [-0.2, -0.15) is 0 Å². The van der Waals surface area contributed by atoms with Gasteiger partial charge in [-0.25, -0.2) is 0 Å². The Bertz CT molecular complexity index is 447. The third kappa shape index (κ3) is 2.75. The van der Waals surface area contributed by atoms with Crippen LogP contribution in [0.25, 0.3) is 5.57 Å². The van der Waals surface area contributed by atoms with E-state index >= 15 is 0 Å². The van der Waals surface area contributed by atoms with Crippen molar-refractivity contribution in [3.05, 3.63) is 48.2 Å². The summed E-state index contributed by atoms with van der Waals surface area (Å²) in [7, 11) is 0. The first-order chi connectivity index (χ1) is 7.04. The van der Waals surface area contributed by atoms with Gasteiger partial charge < -0.3 is 5.32 Å². The molecule has 0 atom stereocenters. The van der Waals surface area contributed by atoms with Crippen molar-refractivity contribution in [2.24, 2.45) is 0 Å². The zero-order valence-electron chi connectivity index (χ0n) is 9.22. The standard InChI is InChI=1S/C14H15N/c1-6-12(5)15-14-8-7-11(4)9-13(14)10(2)3/h1,7-9,15H,2,5H2,3-4H3. The van der Waals surface area contributed by atoms with Gasteiger partial charge in [0, 0.05) is 11.3 Å². The SMILES string of the molecule is C#CC(=C)Nc1ccc(C)cc1C(=C)C. The average molecular weight is 197 g/mol. The molecular weight excluding hydrogens is 182 g/mol. The molecule has 0 saturated carbocycles. The van der Waals surface area contributed by atoms with Gasteiger partial charge in [0.05, 0.1) is 5.70 Å². The molecule has 1 nitrogen and oxygen atoms in total. The van der Waals surface area contributed by atoms with E-state index in [9.17, 15) is 0 Å². The molecule has 0 unspecified atom stereocenters. The van der Waals surface area contributed by atoms with Crippen LogP contribution >= 0.6 is 0 Å². The number of allylic oxidation sites excluding steroid dienone is 2. The highest BCUT2D eigenvalue weighted by Gasteiger charge is 2.03. The Morgan fingerprint density at radius 1 is 1.40 bits per heavy atom. The van der Waals surface area contributed by atoms with Gasteiger partial charge in [-0.1, -0.05) is 30.7 Å². The second-order valence-corrected chi connectivity index (χ2v) is 3.58. The highest BCUT2D eigenvalue weighted by atomic mass is 14.9. The fourth-order valence-corrected chi connectivity index (χ4v) is 1.32. The van der Waals surface area contributed by atoms with E-state index in [1.165, 1.54) is 5.56 Å². The van der Waals surface area contributed by atoms with E-state index in [1.54, 1.807) is 0 Å². The van der Waals surface area contributed by atoms with Crippen molar-refractivity contribution in [2.45, 2.75) is 13.8 Å². The number of hydrogen-bond donors (Lipinski definition) is 1. The lowest BCUT2D eigenvalue weighted by Gasteiger charge is -2.11. The van der Waals surface area contributed by atoms with Crippen LogP contribution in [0, 0.1) is 19.3 Å². The van der Waals surface area contributed by atoms with Crippen molar-refractivity contribution in [3.8, 4) is 12.3 Å². The van der Waals surface area contributed by atoms with Crippen LogP contribution in [0.5, 0.6) is 0 Å². The molecule has 0 aliphatic heterocycles. The van der Waals surface area contributed by atoms with Gasteiger partial charge in [0.1, 0.15) is 0 Å². The van der Waals surface area contributed by atoms with Crippen LogP contribution in [0.2, 0.25) is 0 Å². The Morgan fingerprint density at radius 2 is 2.07 bits per heavy atom. The lowest BCUT2D eigenvalue weighted by Crippen LogP contribution is -1.98. The highest BCUT2D eigenvalue weighted by molar-refractivity contribution is 5.76. The summed E-state index contributed by atoms with van der Waals surface area (Å²) in [6.07, 6.45) is 5.24. The molecule has 0 heterocycles. The van der Waals surface area contributed by atoms with Crippen LogP contribution in [-0.4, -0.2) is 0 Å². The van der Waals surface area contributed by atoms with Gasteiger partial charge in [0.2, 0.25) is 0 Å².